The highest BCUT2D eigenvalue weighted by Crippen LogP contribution is 2.44. The van der Waals surface area contributed by atoms with Crippen molar-refractivity contribution in [2.75, 3.05) is 11.9 Å². The van der Waals surface area contributed by atoms with Crippen LogP contribution in [0.15, 0.2) is 48.5 Å². The summed E-state index contributed by atoms with van der Waals surface area (Å²) in [4.78, 5) is 40.1. The van der Waals surface area contributed by atoms with Crippen LogP contribution in [-0.2, 0) is 9.53 Å². The molecule has 4 rings (SSSR count). The zero-order chi connectivity index (χ0) is 24.2. The Morgan fingerprint density at radius 1 is 1.09 bits per heavy atom. The van der Waals surface area contributed by atoms with Crippen LogP contribution in [0.25, 0.3) is 11.1 Å². The van der Waals surface area contributed by atoms with Crippen LogP contribution in [0.5, 0.6) is 0 Å². The van der Waals surface area contributed by atoms with Crippen LogP contribution in [0, 0.1) is 5.92 Å². The Morgan fingerprint density at radius 2 is 1.71 bits per heavy atom. The molecule has 176 valence electrons. The minimum atomic E-state index is -1.14. The predicted octanol–water partition coefficient (Wildman–Crippen LogP) is 3.39. The molecule has 2 unspecified atom stereocenters. The van der Waals surface area contributed by atoms with Crippen molar-refractivity contribution >= 4 is 23.9 Å². The summed E-state index contributed by atoms with van der Waals surface area (Å²) in [5.41, 5.74) is 4.41. The van der Waals surface area contributed by atoms with E-state index in [9.17, 15) is 19.5 Å². The second kappa shape index (κ2) is 9.74. The number of rotatable bonds is 8. The maximum absolute atomic E-state index is 12.4. The van der Waals surface area contributed by atoms with Gasteiger partial charge in [0.15, 0.2) is 0 Å². The molecule has 0 fully saturated rings. The lowest BCUT2D eigenvalue weighted by molar-refractivity contribution is -0.140. The van der Waals surface area contributed by atoms with E-state index >= 15 is 0 Å². The van der Waals surface area contributed by atoms with Gasteiger partial charge in [0.1, 0.15) is 12.6 Å². The number of amides is 2. The lowest BCUT2D eigenvalue weighted by atomic mass is 9.98. The van der Waals surface area contributed by atoms with Gasteiger partial charge in [-0.15, -0.1) is 5.10 Å². The Kier molecular flexibility index (Phi) is 6.58. The summed E-state index contributed by atoms with van der Waals surface area (Å²) >= 11 is 0. The number of aliphatic carboxylic acids is 1. The monoisotopic (exact) mass is 463 g/mol. The first-order valence-electron chi connectivity index (χ1n) is 11.0. The van der Waals surface area contributed by atoms with Crippen LogP contribution in [-0.4, -0.2) is 50.9 Å². The van der Waals surface area contributed by atoms with Crippen molar-refractivity contribution in [1.29, 1.82) is 0 Å². The molecule has 10 heteroatoms. The number of nitrogens with zero attached hydrogens (tertiary/aromatic N) is 2. The number of nitrogens with one attached hydrogen (secondary N) is 3. The highest BCUT2D eigenvalue weighted by Gasteiger charge is 2.30. The third kappa shape index (κ3) is 4.61. The average Bonchev–Trinajstić information content (AvgIpc) is 3.43. The second-order valence-corrected chi connectivity index (χ2v) is 8.13. The molecule has 0 bridgehead atoms. The van der Waals surface area contributed by atoms with E-state index in [2.05, 4.69) is 25.8 Å². The molecule has 1 aliphatic rings. The van der Waals surface area contributed by atoms with Crippen LogP contribution in [0.1, 0.15) is 47.9 Å². The number of hydrogen-bond acceptors (Lipinski definition) is 6. The fraction of sp³-hybridized carbons (Fsp3) is 0.292. The van der Waals surface area contributed by atoms with Gasteiger partial charge in [0.05, 0.1) is 0 Å². The normalized spacial score (nSPS) is 13.9. The quantitative estimate of drug-likeness (QED) is 0.400. The number of fused-ring (bicyclic) bond motifs is 3. The van der Waals surface area contributed by atoms with Crippen molar-refractivity contribution in [3.63, 3.8) is 0 Å². The van der Waals surface area contributed by atoms with E-state index in [0.29, 0.717) is 6.42 Å². The summed E-state index contributed by atoms with van der Waals surface area (Å²) in [6.45, 7) is 3.67. The summed E-state index contributed by atoms with van der Waals surface area (Å²) in [5.74, 6) is -2.62. The van der Waals surface area contributed by atoms with E-state index in [1.807, 2.05) is 55.5 Å². The molecule has 0 saturated carbocycles. The highest BCUT2D eigenvalue weighted by molar-refractivity contribution is 5.94. The van der Waals surface area contributed by atoms with E-state index in [4.69, 9.17) is 4.74 Å². The Hall–Kier alpha value is -4.21. The summed E-state index contributed by atoms with van der Waals surface area (Å²) in [6.07, 6.45) is -0.196. The Morgan fingerprint density at radius 3 is 2.29 bits per heavy atom. The molecule has 0 spiro atoms. The zero-order valence-corrected chi connectivity index (χ0v) is 18.7. The largest absolute Gasteiger partial charge is 0.480 e. The number of aromatic amines is 1. The molecule has 1 heterocycles. The molecule has 4 N–H and O–H groups in total. The smallest absolute Gasteiger partial charge is 0.414 e. The van der Waals surface area contributed by atoms with Gasteiger partial charge in [0.2, 0.25) is 5.82 Å². The topological polar surface area (TPSA) is 146 Å². The van der Waals surface area contributed by atoms with Crippen molar-refractivity contribution in [3.8, 4) is 11.1 Å². The number of benzene rings is 2. The van der Waals surface area contributed by atoms with E-state index < -0.39 is 24.0 Å². The number of carboxylic acids is 1. The van der Waals surface area contributed by atoms with Gasteiger partial charge >= 0.3 is 12.1 Å². The van der Waals surface area contributed by atoms with Gasteiger partial charge in [-0.3, -0.25) is 15.2 Å². The van der Waals surface area contributed by atoms with Crippen LogP contribution in [0.3, 0.4) is 0 Å². The van der Waals surface area contributed by atoms with Crippen molar-refractivity contribution in [1.82, 2.24) is 20.5 Å². The predicted molar refractivity (Wildman–Crippen MR) is 123 cm³/mol. The Labute approximate surface area is 195 Å². The van der Waals surface area contributed by atoms with Crippen LogP contribution < -0.4 is 10.6 Å². The molecule has 2 aromatic carbocycles. The fourth-order valence-corrected chi connectivity index (χ4v) is 4.04. The number of carboxylic acid groups (broad SMARTS) is 1. The lowest BCUT2D eigenvalue weighted by Gasteiger charge is -2.19. The summed E-state index contributed by atoms with van der Waals surface area (Å²) in [6, 6.07) is 14.9. The van der Waals surface area contributed by atoms with Crippen molar-refractivity contribution in [3.05, 3.63) is 65.5 Å². The number of aromatic nitrogens is 3. The standard InChI is InChI=1S/C24H25N5O5/c1-3-13(2)19(22(31)32)25-21(30)20-26-23(29-28-20)27-24(33)34-12-18-16-10-6-4-8-14(16)15-9-5-7-11-17(15)18/h4-11,13,18-19H,3,12H2,1-2H3,(H,25,30)(H,31,32)(H2,26,27,28,29,33). The van der Waals surface area contributed by atoms with Crippen molar-refractivity contribution < 1.29 is 24.2 Å². The molecule has 0 aliphatic heterocycles. The number of H-pyrrole nitrogens is 1. The number of anilines is 1. The molecule has 3 aromatic rings. The third-order valence-corrected chi connectivity index (χ3v) is 6.02. The van der Waals surface area contributed by atoms with Crippen molar-refractivity contribution in [2.45, 2.75) is 32.2 Å². The van der Waals surface area contributed by atoms with E-state index in [0.717, 1.165) is 22.3 Å². The van der Waals surface area contributed by atoms with E-state index in [-0.39, 0.29) is 30.2 Å². The minimum absolute atomic E-state index is 0.0971. The van der Waals surface area contributed by atoms with Gasteiger partial charge < -0.3 is 15.2 Å². The van der Waals surface area contributed by atoms with Crippen molar-refractivity contribution in [2.24, 2.45) is 5.92 Å². The van der Waals surface area contributed by atoms with E-state index in [1.165, 1.54) is 0 Å². The summed E-state index contributed by atoms with van der Waals surface area (Å²) in [7, 11) is 0. The van der Waals surface area contributed by atoms with Gasteiger partial charge in [0.25, 0.3) is 11.9 Å². The first-order valence-corrected chi connectivity index (χ1v) is 11.0. The Bertz CT molecular complexity index is 1180. The number of carbonyl (C=O) groups is 3. The molecule has 0 radical (unpaired) electrons. The molecule has 1 aromatic heterocycles. The van der Waals surface area contributed by atoms with Gasteiger partial charge in [-0.1, -0.05) is 68.8 Å². The molecule has 2 amide bonds. The first kappa shape index (κ1) is 23.0. The second-order valence-electron chi connectivity index (χ2n) is 8.13. The van der Waals surface area contributed by atoms with Gasteiger partial charge in [-0.25, -0.2) is 9.59 Å². The third-order valence-electron chi connectivity index (χ3n) is 6.02. The van der Waals surface area contributed by atoms with Crippen LogP contribution in [0.2, 0.25) is 0 Å². The molecule has 2 atom stereocenters. The average molecular weight is 463 g/mol. The molecular weight excluding hydrogens is 438 g/mol. The van der Waals surface area contributed by atoms with Crippen LogP contribution in [0.4, 0.5) is 10.7 Å². The Balaban J connectivity index is 1.37. The van der Waals surface area contributed by atoms with E-state index in [1.54, 1.807) is 6.92 Å². The zero-order valence-electron chi connectivity index (χ0n) is 18.7. The molecule has 34 heavy (non-hydrogen) atoms. The van der Waals surface area contributed by atoms with Gasteiger partial charge in [-0.2, -0.15) is 4.98 Å². The maximum atomic E-state index is 12.4. The molecule has 1 aliphatic carbocycles. The first-order chi connectivity index (χ1) is 16.4. The fourth-order valence-electron chi connectivity index (χ4n) is 4.04. The molecular formula is C24H25N5O5. The molecule has 10 nitrogen and oxygen atoms in total. The SMILES string of the molecule is CCC(C)C(NC(=O)c1nc(NC(=O)OCC2c3ccccc3-c3ccccc32)n[nH]1)C(=O)O. The van der Waals surface area contributed by atoms with Crippen LogP contribution >= 0.6 is 0 Å². The van der Waals surface area contributed by atoms with Gasteiger partial charge in [0, 0.05) is 5.92 Å². The number of hydrogen-bond donors (Lipinski definition) is 4. The minimum Gasteiger partial charge on any atom is -0.480 e. The molecule has 0 saturated heterocycles. The summed E-state index contributed by atoms with van der Waals surface area (Å²) in [5, 5.41) is 20.3. The van der Waals surface area contributed by atoms with Gasteiger partial charge in [-0.05, 0) is 28.2 Å². The number of ether oxygens (including phenoxy) is 1. The summed E-state index contributed by atoms with van der Waals surface area (Å²) < 4.78 is 5.43. The lowest BCUT2D eigenvalue weighted by Crippen LogP contribution is -2.45. The maximum Gasteiger partial charge on any atom is 0.414 e. The number of carbonyl (C=O) groups excluding carboxylic acids is 2. The highest BCUT2D eigenvalue weighted by atomic mass is 16.5.